The predicted octanol–water partition coefficient (Wildman–Crippen LogP) is 4.46. The van der Waals surface area contributed by atoms with Crippen LogP contribution in [-0.4, -0.2) is 21.1 Å². The van der Waals surface area contributed by atoms with Gasteiger partial charge < -0.3 is 9.72 Å². The number of carbonyl (C=O) groups is 2. The van der Waals surface area contributed by atoms with Crippen LogP contribution in [0.5, 0.6) is 0 Å². The fourth-order valence-electron chi connectivity index (χ4n) is 2.86. The molecule has 2 aromatic heterocycles. The number of hydrogen-bond donors (Lipinski definition) is 1. The number of pyridine rings is 1. The molecule has 27 heavy (non-hydrogen) atoms. The molecular formula is C22H17N3O2. The Morgan fingerprint density at radius 1 is 0.926 bits per heavy atom. The molecule has 2 heterocycles. The molecule has 0 unspecified atom stereocenters. The number of benzene rings is 2. The maximum atomic E-state index is 12.5. The standard InChI is InChI=1S/C22H17N3O2/c1-15(26)16-7-9-19(10-8-16)23-22(27)18-11-12-25-14-20(24-21(25)13-18)17-5-3-2-4-6-17/h2-14H,1H3,(H,23,27). The van der Waals surface area contributed by atoms with Crippen LogP contribution in [0.1, 0.15) is 27.6 Å². The van der Waals surface area contributed by atoms with Crippen molar-refractivity contribution in [1.29, 1.82) is 0 Å². The summed E-state index contributed by atoms with van der Waals surface area (Å²) in [6.45, 7) is 1.51. The minimum atomic E-state index is -0.225. The smallest absolute Gasteiger partial charge is 0.255 e. The quantitative estimate of drug-likeness (QED) is 0.550. The summed E-state index contributed by atoms with van der Waals surface area (Å²) < 4.78 is 1.89. The molecule has 0 saturated heterocycles. The van der Waals surface area contributed by atoms with Crippen molar-refractivity contribution in [2.75, 3.05) is 5.32 Å². The second-order valence-electron chi connectivity index (χ2n) is 6.26. The van der Waals surface area contributed by atoms with Gasteiger partial charge >= 0.3 is 0 Å². The van der Waals surface area contributed by atoms with E-state index in [0.29, 0.717) is 22.5 Å². The Kier molecular flexibility index (Phi) is 4.26. The van der Waals surface area contributed by atoms with Gasteiger partial charge in [-0.1, -0.05) is 30.3 Å². The maximum absolute atomic E-state index is 12.5. The van der Waals surface area contributed by atoms with Crippen molar-refractivity contribution in [2.45, 2.75) is 6.92 Å². The van der Waals surface area contributed by atoms with Crippen LogP contribution in [0.4, 0.5) is 5.69 Å². The van der Waals surface area contributed by atoms with Crippen LogP contribution in [0.3, 0.4) is 0 Å². The number of carbonyl (C=O) groups excluding carboxylic acids is 2. The first kappa shape index (κ1) is 16.7. The molecular weight excluding hydrogens is 338 g/mol. The van der Waals surface area contributed by atoms with Crippen LogP contribution in [0.25, 0.3) is 16.9 Å². The summed E-state index contributed by atoms with van der Waals surface area (Å²) >= 11 is 0. The normalized spacial score (nSPS) is 10.7. The van der Waals surface area contributed by atoms with E-state index in [9.17, 15) is 9.59 Å². The molecule has 0 fully saturated rings. The van der Waals surface area contributed by atoms with Crippen LogP contribution in [0.15, 0.2) is 79.1 Å². The summed E-state index contributed by atoms with van der Waals surface area (Å²) in [5.41, 5.74) is 4.35. The minimum absolute atomic E-state index is 0.00754. The summed E-state index contributed by atoms with van der Waals surface area (Å²) in [5, 5.41) is 2.84. The predicted molar refractivity (Wildman–Crippen MR) is 105 cm³/mol. The van der Waals surface area contributed by atoms with Gasteiger partial charge in [0.05, 0.1) is 5.69 Å². The van der Waals surface area contributed by atoms with Crippen LogP contribution < -0.4 is 5.32 Å². The van der Waals surface area contributed by atoms with Crippen LogP contribution >= 0.6 is 0 Å². The Morgan fingerprint density at radius 2 is 1.67 bits per heavy atom. The summed E-state index contributed by atoms with van der Waals surface area (Å²) in [6.07, 6.45) is 3.76. The van der Waals surface area contributed by atoms with Crippen molar-refractivity contribution >= 4 is 23.0 Å². The second kappa shape index (κ2) is 6.88. The number of ketones is 1. The van der Waals surface area contributed by atoms with Crippen molar-refractivity contribution < 1.29 is 9.59 Å². The van der Waals surface area contributed by atoms with E-state index in [1.54, 1.807) is 36.4 Å². The molecule has 2 aromatic carbocycles. The Hall–Kier alpha value is -3.73. The highest BCUT2D eigenvalue weighted by molar-refractivity contribution is 6.05. The monoisotopic (exact) mass is 355 g/mol. The Balaban J connectivity index is 1.58. The second-order valence-corrected chi connectivity index (χ2v) is 6.26. The van der Waals surface area contributed by atoms with Crippen LogP contribution in [0, 0.1) is 0 Å². The molecule has 1 amide bonds. The number of anilines is 1. The highest BCUT2D eigenvalue weighted by atomic mass is 16.1. The van der Waals surface area contributed by atoms with Gasteiger partial charge in [0.15, 0.2) is 5.78 Å². The molecule has 0 aliphatic carbocycles. The highest BCUT2D eigenvalue weighted by Crippen LogP contribution is 2.20. The molecule has 132 valence electrons. The molecule has 4 aromatic rings. The van der Waals surface area contributed by atoms with Crippen LogP contribution in [0.2, 0.25) is 0 Å². The van der Waals surface area contributed by atoms with E-state index in [2.05, 4.69) is 10.3 Å². The molecule has 4 rings (SSSR count). The molecule has 0 atom stereocenters. The summed E-state index contributed by atoms with van der Waals surface area (Å²) in [4.78, 5) is 28.5. The van der Waals surface area contributed by atoms with E-state index in [-0.39, 0.29) is 11.7 Å². The number of hydrogen-bond acceptors (Lipinski definition) is 3. The number of amides is 1. The number of imidazole rings is 1. The van der Waals surface area contributed by atoms with Crippen molar-refractivity contribution in [1.82, 2.24) is 9.38 Å². The summed E-state index contributed by atoms with van der Waals surface area (Å²) in [5.74, 6) is -0.232. The van der Waals surface area contributed by atoms with Gasteiger partial charge in [-0.05, 0) is 43.3 Å². The van der Waals surface area contributed by atoms with E-state index >= 15 is 0 Å². The fourth-order valence-corrected chi connectivity index (χ4v) is 2.86. The van der Waals surface area contributed by atoms with Gasteiger partial charge in [-0.25, -0.2) is 4.98 Å². The lowest BCUT2D eigenvalue weighted by Gasteiger charge is -2.06. The van der Waals surface area contributed by atoms with Crippen LogP contribution in [-0.2, 0) is 0 Å². The first-order valence-electron chi connectivity index (χ1n) is 8.57. The molecule has 0 aliphatic rings. The third-order valence-corrected chi connectivity index (χ3v) is 4.34. The lowest BCUT2D eigenvalue weighted by Crippen LogP contribution is -2.12. The van der Waals surface area contributed by atoms with Gasteiger partial charge in [-0.3, -0.25) is 9.59 Å². The van der Waals surface area contributed by atoms with Gasteiger partial charge in [-0.2, -0.15) is 0 Å². The topological polar surface area (TPSA) is 63.5 Å². The average molecular weight is 355 g/mol. The van der Waals surface area contributed by atoms with E-state index in [4.69, 9.17) is 0 Å². The Morgan fingerprint density at radius 3 is 2.37 bits per heavy atom. The Labute approximate surface area is 156 Å². The minimum Gasteiger partial charge on any atom is -0.322 e. The molecule has 0 radical (unpaired) electrons. The number of nitrogens with zero attached hydrogens (tertiary/aromatic N) is 2. The highest BCUT2D eigenvalue weighted by Gasteiger charge is 2.10. The van der Waals surface area contributed by atoms with E-state index in [1.807, 2.05) is 47.1 Å². The molecule has 0 spiro atoms. The first-order chi connectivity index (χ1) is 13.1. The molecule has 0 saturated carbocycles. The number of Topliss-reactive ketones (excluding diaryl/α,β-unsaturated/α-hetero) is 1. The lowest BCUT2D eigenvalue weighted by atomic mass is 10.1. The first-order valence-corrected chi connectivity index (χ1v) is 8.57. The van der Waals surface area contributed by atoms with Crippen molar-refractivity contribution in [2.24, 2.45) is 0 Å². The van der Waals surface area contributed by atoms with Gasteiger partial charge in [0.2, 0.25) is 0 Å². The van der Waals surface area contributed by atoms with Gasteiger partial charge in [0.25, 0.3) is 5.91 Å². The number of aromatic nitrogens is 2. The van der Waals surface area contributed by atoms with Gasteiger partial charge in [0, 0.05) is 34.8 Å². The maximum Gasteiger partial charge on any atom is 0.255 e. The number of rotatable bonds is 4. The average Bonchev–Trinajstić information content (AvgIpc) is 3.12. The Bertz CT molecular complexity index is 1130. The zero-order valence-corrected chi connectivity index (χ0v) is 14.7. The summed E-state index contributed by atoms with van der Waals surface area (Å²) in [6, 6.07) is 20.2. The summed E-state index contributed by atoms with van der Waals surface area (Å²) in [7, 11) is 0. The lowest BCUT2D eigenvalue weighted by molar-refractivity contribution is 0.101. The fraction of sp³-hybridized carbons (Fsp3) is 0.0455. The number of fused-ring (bicyclic) bond motifs is 1. The zero-order chi connectivity index (χ0) is 18.8. The van der Waals surface area contributed by atoms with E-state index in [0.717, 1.165) is 11.3 Å². The molecule has 5 heteroatoms. The third-order valence-electron chi connectivity index (χ3n) is 4.34. The molecule has 1 N–H and O–H groups in total. The van der Waals surface area contributed by atoms with Crippen molar-refractivity contribution in [3.8, 4) is 11.3 Å². The third kappa shape index (κ3) is 3.48. The van der Waals surface area contributed by atoms with Gasteiger partial charge in [0.1, 0.15) is 5.65 Å². The zero-order valence-electron chi connectivity index (χ0n) is 14.7. The van der Waals surface area contributed by atoms with E-state index < -0.39 is 0 Å². The van der Waals surface area contributed by atoms with Gasteiger partial charge in [-0.15, -0.1) is 0 Å². The molecule has 0 aliphatic heterocycles. The van der Waals surface area contributed by atoms with Crippen molar-refractivity contribution in [3.63, 3.8) is 0 Å². The largest absolute Gasteiger partial charge is 0.322 e. The number of nitrogens with one attached hydrogen (secondary N) is 1. The van der Waals surface area contributed by atoms with Crippen molar-refractivity contribution in [3.05, 3.63) is 90.3 Å². The molecule has 5 nitrogen and oxygen atoms in total. The molecule has 0 bridgehead atoms. The SMILES string of the molecule is CC(=O)c1ccc(NC(=O)c2ccn3cc(-c4ccccc4)nc3c2)cc1. The van der Waals surface area contributed by atoms with E-state index in [1.165, 1.54) is 6.92 Å².